The Morgan fingerprint density at radius 1 is 1.08 bits per heavy atom. The van der Waals surface area contributed by atoms with E-state index in [0.29, 0.717) is 16.7 Å². The molecule has 37 heavy (non-hydrogen) atoms. The minimum atomic E-state index is -0.325. The summed E-state index contributed by atoms with van der Waals surface area (Å²) in [5.74, 6) is 0. The van der Waals surface area contributed by atoms with E-state index < -0.39 is 0 Å². The molecule has 0 N–H and O–H groups in total. The Labute approximate surface area is 218 Å². The third-order valence-electron chi connectivity index (χ3n) is 6.24. The molecule has 0 radical (unpaired) electrons. The third kappa shape index (κ3) is 6.95. The molecule has 0 saturated heterocycles. The highest BCUT2D eigenvalue weighted by Gasteiger charge is 2.25. The van der Waals surface area contributed by atoms with Gasteiger partial charge < -0.3 is 14.3 Å². The van der Waals surface area contributed by atoms with Crippen molar-refractivity contribution in [1.29, 1.82) is 10.5 Å². The normalized spacial score (nSPS) is 13.9. The van der Waals surface area contributed by atoms with Crippen molar-refractivity contribution < 1.29 is 4.84 Å². The lowest BCUT2D eigenvalue weighted by Crippen LogP contribution is -2.36. The van der Waals surface area contributed by atoms with Gasteiger partial charge >= 0.3 is 0 Å². The highest BCUT2D eigenvalue weighted by atomic mass is 16.6. The van der Waals surface area contributed by atoms with Gasteiger partial charge in [0, 0.05) is 20.1 Å². The van der Waals surface area contributed by atoms with Crippen molar-refractivity contribution in [2.75, 3.05) is 11.9 Å². The number of benzene rings is 1. The van der Waals surface area contributed by atoms with E-state index in [4.69, 9.17) is 10.1 Å². The van der Waals surface area contributed by atoms with E-state index in [9.17, 15) is 10.1 Å². The van der Waals surface area contributed by atoms with E-state index in [-0.39, 0.29) is 28.5 Å². The minimum absolute atomic E-state index is 0.0978. The van der Waals surface area contributed by atoms with Crippen LogP contribution in [-0.4, -0.2) is 34.5 Å². The monoisotopic (exact) mass is 498 g/mol. The summed E-state index contributed by atoms with van der Waals surface area (Å²) in [6.45, 7) is 5.90. The second-order valence-corrected chi connectivity index (χ2v) is 10.1. The second-order valence-electron chi connectivity index (χ2n) is 10.1. The van der Waals surface area contributed by atoms with Gasteiger partial charge in [0.05, 0.1) is 17.4 Å². The highest BCUT2D eigenvalue weighted by molar-refractivity contribution is 5.92. The Kier molecular flexibility index (Phi) is 9.03. The molecule has 192 valence electrons. The Morgan fingerprint density at radius 2 is 1.76 bits per heavy atom. The molecule has 0 atom stereocenters. The number of nitriles is 2. The average Bonchev–Trinajstić information content (AvgIpc) is 2.90. The van der Waals surface area contributed by atoms with Gasteiger partial charge in [-0.05, 0) is 51.3 Å². The molecule has 0 amide bonds. The fourth-order valence-electron chi connectivity index (χ4n) is 4.34. The topological polar surface area (TPSA) is 107 Å². The van der Waals surface area contributed by atoms with Crippen molar-refractivity contribution in [2.24, 2.45) is 12.2 Å². The molecular weight excluding hydrogens is 464 g/mol. The third-order valence-corrected chi connectivity index (χ3v) is 6.24. The van der Waals surface area contributed by atoms with Gasteiger partial charge in [0.2, 0.25) is 0 Å². The summed E-state index contributed by atoms with van der Waals surface area (Å²) >= 11 is 0. The first-order valence-electron chi connectivity index (χ1n) is 12.5. The van der Waals surface area contributed by atoms with Crippen molar-refractivity contribution >= 4 is 22.9 Å². The summed E-state index contributed by atoms with van der Waals surface area (Å²) in [6, 6.07) is 17.6. The first kappa shape index (κ1) is 27.4. The molecule has 1 aliphatic carbocycles. The van der Waals surface area contributed by atoms with E-state index >= 15 is 0 Å². The number of oxime groups is 1. The number of fused-ring (bicyclic) bond motifs is 1. The lowest BCUT2D eigenvalue weighted by Gasteiger charge is -2.33. The maximum atomic E-state index is 12.6. The lowest BCUT2D eigenvalue weighted by molar-refractivity contribution is 0.00199. The number of anilines is 1. The smallest absolute Gasteiger partial charge is 0.270 e. The van der Waals surface area contributed by atoms with E-state index in [1.54, 1.807) is 25.4 Å². The Hall–Kier alpha value is -4.17. The number of aryl methyl sites for hydroxylation is 1. The number of aromatic nitrogens is 2. The van der Waals surface area contributed by atoms with Crippen molar-refractivity contribution in [3.05, 3.63) is 69.6 Å². The van der Waals surface area contributed by atoms with Crippen molar-refractivity contribution in [1.82, 2.24) is 9.55 Å². The van der Waals surface area contributed by atoms with Crippen LogP contribution in [0.4, 0.5) is 5.69 Å². The zero-order valence-corrected chi connectivity index (χ0v) is 22.2. The molecule has 2 aromatic heterocycles. The van der Waals surface area contributed by atoms with Crippen LogP contribution in [0.3, 0.4) is 0 Å². The summed E-state index contributed by atoms with van der Waals surface area (Å²) in [5.41, 5.74) is 2.62. The van der Waals surface area contributed by atoms with Gasteiger partial charge in [0.15, 0.2) is 0 Å². The molecule has 8 heteroatoms. The summed E-state index contributed by atoms with van der Waals surface area (Å²) < 4.78 is 1.43. The molecule has 3 aromatic rings. The molecule has 8 nitrogen and oxygen atoms in total. The second kappa shape index (κ2) is 12.2. The maximum Gasteiger partial charge on any atom is 0.270 e. The van der Waals surface area contributed by atoms with Crippen molar-refractivity contribution in [2.45, 2.75) is 64.5 Å². The van der Waals surface area contributed by atoms with Gasteiger partial charge in [-0.2, -0.15) is 10.5 Å². The maximum absolute atomic E-state index is 12.6. The van der Waals surface area contributed by atoms with E-state index in [1.807, 2.05) is 69.1 Å². The number of pyridine rings is 2. The molecule has 2 heterocycles. The fraction of sp³-hybridized carbons (Fsp3) is 0.414. The first-order valence-corrected chi connectivity index (χ1v) is 12.5. The fourth-order valence-corrected chi connectivity index (χ4v) is 4.34. The standard InChI is InChI=1S/C18H19N5O.C11H15NO/c1-22(13-6-4-3-5-7-13)17-14(11-20)18(24)23(2)15-9-8-12(10-19)21-16(15)17;1-11(2,3)13-12-9-10-7-5-4-6-8-10/h8-9,13H,3-7H2,1-2H3;4-9H,1-3H3/b;12-9-. The average molecular weight is 499 g/mol. The van der Waals surface area contributed by atoms with Crippen LogP contribution >= 0.6 is 0 Å². The van der Waals surface area contributed by atoms with Crippen LogP contribution in [0.15, 0.2) is 52.4 Å². The Morgan fingerprint density at radius 3 is 2.35 bits per heavy atom. The first-order chi connectivity index (χ1) is 17.7. The predicted molar refractivity (Wildman–Crippen MR) is 147 cm³/mol. The molecule has 0 spiro atoms. The number of nitrogens with zero attached hydrogens (tertiary/aromatic N) is 6. The van der Waals surface area contributed by atoms with Crippen LogP contribution < -0.4 is 10.5 Å². The number of rotatable bonds is 4. The summed E-state index contributed by atoms with van der Waals surface area (Å²) in [7, 11) is 3.55. The van der Waals surface area contributed by atoms with Crippen LogP contribution in [0.2, 0.25) is 0 Å². The van der Waals surface area contributed by atoms with E-state index in [2.05, 4.69) is 16.2 Å². The van der Waals surface area contributed by atoms with Gasteiger partial charge in [-0.1, -0.05) is 54.8 Å². The Balaban J connectivity index is 0.000000248. The summed E-state index contributed by atoms with van der Waals surface area (Å²) in [6.07, 6.45) is 7.31. The van der Waals surface area contributed by atoms with E-state index in [0.717, 1.165) is 31.2 Å². The van der Waals surface area contributed by atoms with Gasteiger partial charge in [-0.3, -0.25) is 4.79 Å². The molecule has 1 saturated carbocycles. The van der Waals surface area contributed by atoms with Crippen LogP contribution in [0.25, 0.3) is 11.0 Å². The van der Waals surface area contributed by atoms with Crippen LogP contribution in [-0.2, 0) is 11.9 Å². The number of hydrogen-bond acceptors (Lipinski definition) is 7. The molecule has 0 aliphatic heterocycles. The zero-order chi connectivity index (χ0) is 27.0. The van der Waals surface area contributed by atoms with Crippen molar-refractivity contribution in [3.63, 3.8) is 0 Å². The SMILES string of the molecule is CC(C)(C)O/N=C\c1ccccc1.CN(c1c(C#N)c(=O)n(C)c2ccc(C#N)nc12)C1CCCCC1. The largest absolute Gasteiger partial charge is 0.390 e. The van der Waals surface area contributed by atoms with Gasteiger partial charge in [-0.25, -0.2) is 4.98 Å². The molecule has 1 aromatic carbocycles. The van der Waals surface area contributed by atoms with Crippen LogP contribution in [0.5, 0.6) is 0 Å². The zero-order valence-electron chi connectivity index (χ0n) is 22.2. The predicted octanol–water partition coefficient (Wildman–Crippen LogP) is 5.28. The van der Waals surface area contributed by atoms with Crippen LogP contribution in [0, 0.1) is 22.7 Å². The molecule has 0 bridgehead atoms. The quantitative estimate of drug-likeness (QED) is 0.358. The van der Waals surface area contributed by atoms with Crippen LogP contribution in [0.1, 0.15) is 69.7 Å². The molecule has 4 rings (SSSR count). The molecule has 1 aliphatic rings. The molecule has 1 fully saturated rings. The van der Waals surface area contributed by atoms with Gasteiger partial charge in [0.25, 0.3) is 5.56 Å². The van der Waals surface area contributed by atoms with E-state index in [1.165, 1.54) is 11.0 Å². The summed E-state index contributed by atoms with van der Waals surface area (Å²) in [5, 5.41) is 22.6. The van der Waals surface area contributed by atoms with Gasteiger partial charge in [-0.15, -0.1) is 0 Å². The lowest BCUT2D eigenvalue weighted by atomic mass is 9.93. The van der Waals surface area contributed by atoms with Crippen molar-refractivity contribution in [3.8, 4) is 12.1 Å². The Bertz CT molecular complexity index is 1380. The molecule has 0 unspecified atom stereocenters. The highest BCUT2D eigenvalue weighted by Crippen LogP contribution is 2.32. The number of hydrogen-bond donors (Lipinski definition) is 0. The van der Waals surface area contributed by atoms with Gasteiger partial charge in [0.1, 0.15) is 34.5 Å². The summed E-state index contributed by atoms with van der Waals surface area (Å²) in [4.78, 5) is 24.2. The molecular formula is C29H34N6O2. The minimum Gasteiger partial charge on any atom is -0.390 e.